The lowest BCUT2D eigenvalue weighted by Crippen LogP contribution is -2.31. The van der Waals surface area contributed by atoms with E-state index >= 15 is 0 Å². The smallest absolute Gasteiger partial charge is 0.295 e. The van der Waals surface area contributed by atoms with E-state index in [2.05, 4.69) is 65.6 Å². The van der Waals surface area contributed by atoms with E-state index in [0.29, 0.717) is 39.6 Å². The summed E-state index contributed by atoms with van der Waals surface area (Å²) in [5.74, 6) is -0.136. The zero-order valence-corrected chi connectivity index (χ0v) is 40.2. The Hall–Kier alpha value is -6.44. The SMILES string of the molecule is O=S(=O)(O)c1ccc(Nc2nc(Nc3ccc(/C=C/c4ccc(Nc5nc(Nc6ccc(SOOO)cc6)nc(N(CCO)CCO)n5)cc4S(=O)(=O)O)c(SOOO)c3)nc(N(CCO)CCO)n2)cc1. The Morgan fingerprint density at radius 2 is 0.903 bits per heavy atom. The first kappa shape index (κ1) is 54.9. The van der Waals surface area contributed by atoms with Gasteiger partial charge in [0.05, 0.1) is 55.4 Å². The minimum absolute atomic E-state index is 0.00512. The molecule has 0 atom stereocenters. The minimum atomic E-state index is -4.90. The summed E-state index contributed by atoms with van der Waals surface area (Å²) in [5, 5.41) is 75.6. The molecule has 28 nitrogen and oxygen atoms in total. The van der Waals surface area contributed by atoms with Crippen molar-refractivity contribution in [2.75, 3.05) is 83.7 Å². The van der Waals surface area contributed by atoms with Crippen molar-refractivity contribution in [3.8, 4) is 0 Å². The molecule has 0 spiro atoms. The molecule has 4 aromatic carbocycles. The molecule has 0 unspecified atom stereocenters. The number of hydrogen-bond acceptors (Lipinski definition) is 28. The van der Waals surface area contributed by atoms with Crippen LogP contribution in [0.4, 0.5) is 58.4 Å². The van der Waals surface area contributed by atoms with Crippen LogP contribution in [0.2, 0.25) is 0 Å². The fourth-order valence-electron chi connectivity index (χ4n) is 6.24. The lowest BCUT2D eigenvalue weighted by Gasteiger charge is -2.21. The van der Waals surface area contributed by atoms with Crippen molar-refractivity contribution in [1.82, 2.24) is 29.9 Å². The molecule has 0 amide bonds. The highest BCUT2D eigenvalue weighted by atomic mass is 32.2. The summed E-state index contributed by atoms with van der Waals surface area (Å²) in [6.45, 7) is -1.13. The number of aliphatic hydroxyl groups excluding tert-OH is 4. The first-order chi connectivity index (χ1) is 34.6. The molecule has 6 rings (SSSR count). The number of nitrogens with one attached hydrogen (secondary N) is 4. The van der Waals surface area contributed by atoms with Crippen LogP contribution in [-0.2, 0) is 39.0 Å². The number of aromatic nitrogens is 6. The molecular formula is C40H44N12O16S4. The topological polar surface area (TPSA) is 399 Å². The Morgan fingerprint density at radius 3 is 1.35 bits per heavy atom. The highest BCUT2D eigenvalue weighted by molar-refractivity contribution is 7.94. The van der Waals surface area contributed by atoms with Gasteiger partial charge in [0.15, 0.2) is 0 Å². The molecule has 0 aliphatic carbocycles. The molecule has 72 heavy (non-hydrogen) atoms. The van der Waals surface area contributed by atoms with Gasteiger partial charge in [-0.2, -0.15) is 46.7 Å². The number of aliphatic hydroxyl groups is 4. The molecule has 6 aromatic rings. The monoisotopic (exact) mass is 1080 g/mol. The van der Waals surface area contributed by atoms with Crippen LogP contribution in [0.25, 0.3) is 12.2 Å². The van der Waals surface area contributed by atoms with Crippen LogP contribution >= 0.6 is 24.1 Å². The van der Waals surface area contributed by atoms with Crippen LogP contribution in [-0.4, -0.2) is 139 Å². The number of rotatable bonds is 28. The Morgan fingerprint density at radius 1 is 0.500 bits per heavy atom. The minimum Gasteiger partial charge on any atom is -0.395 e. The second-order valence-electron chi connectivity index (χ2n) is 14.2. The zero-order valence-electron chi connectivity index (χ0n) is 36.9. The number of nitrogens with zero attached hydrogens (tertiary/aromatic N) is 8. The second kappa shape index (κ2) is 26.3. The summed E-state index contributed by atoms with van der Waals surface area (Å²) in [5.41, 5.74) is 1.66. The largest absolute Gasteiger partial charge is 0.395 e. The van der Waals surface area contributed by atoms with E-state index in [1.54, 1.807) is 36.4 Å². The third-order valence-corrected chi connectivity index (χ3v) is 12.4. The maximum atomic E-state index is 12.8. The Balaban J connectivity index is 1.29. The number of anilines is 10. The van der Waals surface area contributed by atoms with Gasteiger partial charge in [0.25, 0.3) is 20.2 Å². The van der Waals surface area contributed by atoms with E-state index < -0.39 is 25.1 Å². The maximum absolute atomic E-state index is 12.8. The predicted molar refractivity (Wildman–Crippen MR) is 261 cm³/mol. The van der Waals surface area contributed by atoms with Gasteiger partial charge in [-0.3, -0.25) is 9.11 Å². The second-order valence-corrected chi connectivity index (χ2v) is 18.6. The van der Waals surface area contributed by atoms with Gasteiger partial charge >= 0.3 is 0 Å². The standard InChI is InChI=1S/C40H44N12O16S4/c53-19-15-51(16-20-54)39-48-36(42-28-9-13-32(14-10-28)71(59,60)61)45-37(49-39)43-29-5-3-25(33(23-29)70-68-66-58)1-2-26-4-6-30(24-34(26)72(62,63)64)44-38-46-35(47-40(50-38)52(17-21-55)18-22-56)41-27-7-11-31(12-8-27)69-67-65-57/h1-14,23-24,53-58H,15-22H2,(H,59,60,61)(H,62,63,64)(H2,41,44,46,47,50)(H2,42,43,45,48,49)/b2-1+. The lowest BCUT2D eigenvalue weighted by molar-refractivity contribution is -0.432. The van der Waals surface area contributed by atoms with Crippen molar-refractivity contribution in [2.45, 2.75) is 19.6 Å². The molecule has 0 aliphatic heterocycles. The first-order valence-electron chi connectivity index (χ1n) is 20.6. The highest BCUT2D eigenvalue weighted by Crippen LogP contribution is 2.32. The van der Waals surface area contributed by atoms with Gasteiger partial charge in [-0.15, -0.1) is 8.67 Å². The molecule has 12 N–H and O–H groups in total. The van der Waals surface area contributed by atoms with Gasteiger partial charge in [0, 0.05) is 58.7 Å². The van der Waals surface area contributed by atoms with E-state index in [4.69, 9.17) is 14.8 Å². The molecule has 0 fully saturated rings. The van der Waals surface area contributed by atoms with E-state index in [0.717, 1.165) is 30.2 Å². The summed E-state index contributed by atoms with van der Waals surface area (Å²) in [6.07, 6.45) is 2.86. The lowest BCUT2D eigenvalue weighted by atomic mass is 10.1. The van der Waals surface area contributed by atoms with Crippen molar-refractivity contribution in [2.24, 2.45) is 0 Å². The molecular weight excluding hydrogens is 1030 g/mol. The van der Waals surface area contributed by atoms with Crippen LogP contribution < -0.4 is 31.1 Å². The fourth-order valence-corrected chi connectivity index (χ4v) is 8.30. The van der Waals surface area contributed by atoms with Crippen molar-refractivity contribution in [3.05, 3.63) is 96.1 Å². The summed E-state index contributed by atoms with van der Waals surface area (Å²) < 4.78 is 77.7. The Kier molecular flexibility index (Phi) is 20.1. The molecule has 0 radical (unpaired) electrons. The van der Waals surface area contributed by atoms with Crippen molar-refractivity contribution >= 4 is 115 Å². The normalized spacial score (nSPS) is 11.7. The van der Waals surface area contributed by atoms with Crippen LogP contribution in [0, 0.1) is 0 Å². The van der Waals surface area contributed by atoms with E-state index in [-0.39, 0.29) is 109 Å². The number of hydrogen-bond donors (Lipinski definition) is 12. The molecule has 0 saturated heterocycles. The number of benzene rings is 4. The average Bonchev–Trinajstić information content (AvgIpc) is 3.35. The fraction of sp³-hybridized carbons (Fsp3) is 0.200. The first-order valence-corrected chi connectivity index (χ1v) is 24.9. The molecule has 384 valence electrons. The molecule has 0 saturated carbocycles. The van der Waals surface area contributed by atoms with Crippen LogP contribution in [0.3, 0.4) is 0 Å². The highest BCUT2D eigenvalue weighted by Gasteiger charge is 2.20. The summed E-state index contributed by atoms with van der Waals surface area (Å²) >= 11 is 1.30. The summed E-state index contributed by atoms with van der Waals surface area (Å²) in [7, 11) is -9.36. The Bertz CT molecular complexity index is 2990. The zero-order chi connectivity index (χ0) is 51.7. The maximum Gasteiger partial charge on any atom is 0.295 e. The third kappa shape index (κ3) is 16.0. The van der Waals surface area contributed by atoms with Crippen molar-refractivity contribution in [3.63, 3.8) is 0 Å². The molecule has 2 aromatic heterocycles. The van der Waals surface area contributed by atoms with Crippen molar-refractivity contribution < 1.29 is 75.6 Å². The van der Waals surface area contributed by atoms with Crippen molar-refractivity contribution in [1.29, 1.82) is 0 Å². The van der Waals surface area contributed by atoms with E-state index in [1.807, 2.05) is 0 Å². The summed E-state index contributed by atoms with van der Waals surface area (Å²) in [4.78, 5) is 29.4. The van der Waals surface area contributed by atoms with Gasteiger partial charge in [-0.05, 0) is 83.9 Å². The quantitative estimate of drug-likeness (QED) is 0.0108. The van der Waals surface area contributed by atoms with Crippen LogP contribution in [0.1, 0.15) is 11.1 Å². The van der Waals surface area contributed by atoms with E-state index in [9.17, 15) is 46.4 Å². The predicted octanol–water partition coefficient (Wildman–Crippen LogP) is 4.13. The molecule has 0 aliphatic rings. The van der Waals surface area contributed by atoms with Crippen LogP contribution in [0.5, 0.6) is 0 Å². The van der Waals surface area contributed by atoms with Gasteiger partial charge in [0.2, 0.25) is 35.7 Å². The molecule has 32 heteroatoms. The third-order valence-electron chi connectivity index (χ3n) is 9.39. The van der Waals surface area contributed by atoms with E-state index in [1.165, 1.54) is 52.3 Å². The Labute approximate surface area is 418 Å². The van der Waals surface area contributed by atoms with Gasteiger partial charge in [-0.25, -0.2) is 10.5 Å². The van der Waals surface area contributed by atoms with Crippen LogP contribution in [0.15, 0.2) is 105 Å². The molecule has 0 bridgehead atoms. The molecule has 2 heterocycles. The average molecular weight is 1080 g/mol. The van der Waals surface area contributed by atoms with Gasteiger partial charge in [0.1, 0.15) is 4.90 Å². The van der Waals surface area contributed by atoms with Gasteiger partial charge < -0.3 is 51.5 Å². The summed E-state index contributed by atoms with van der Waals surface area (Å²) in [6, 6.07) is 20.3. The van der Waals surface area contributed by atoms with Gasteiger partial charge in [-0.1, -0.05) is 34.4 Å².